The van der Waals surface area contributed by atoms with Gasteiger partial charge in [-0.2, -0.15) is 0 Å². The molecule has 2 aromatic rings. The Labute approximate surface area is 164 Å². The number of carbonyl (C=O) groups is 2. The van der Waals surface area contributed by atoms with Crippen LogP contribution < -0.4 is 4.90 Å². The summed E-state index contributed by atoms with van der Waals surface area (Å²) in [6.07, 6.45) is 0.557. The molecule has 0 aliphatic carbocycles. The van der Waals surface area contributed by atoms with Crippen molar-refractivity contribution in [3.05, 3.63) is 59.2 Å². The highest BCUT2D eigenvalue weighted by atomic mass is 32.2. The molecule has 140 valence electrons. The van der Waals surface area contributed by atoms with Crippen molar-refractivity contribution in [3.8, 4) is 0 Å². The highest BCUT2D eigenvalue weighted by Crippen LogP contribution is 2.34. The molecule has 0 aromatic heterocycles. The fourth-order valence-corrected chi connectivity index (χ4v) is 5.10. The van der Waals surface area contributed by atoms with Crippen LogP contribution in [0.3, 0.4) is 0 Å². The maximum atomic E-state index is 13.2. The van der Waals surface area contributed by atoms with E-state index in [9.17, 15) is 9.59 Å². The van der Waals surface area contributed by atoms with Crippen LogP contribution in [-0.2, 0) is 0 Å². The molecule has 1 atom stereocenters. The van der Waals surface area contributed by atoms with Crippen LogP contribution in [0.4, 0.5) is 5.69 Å². The number of aryl methyl sites for hydroxylation is 1. The van der Waals surface area contributed by atoms with Crippen molar-refractivity contribution >= 4 is 29.1 Å². The van der Waals surface area contributed by atoms with Gasteiger partial charge >= 0.3 is 0 Å². The van der Waals surface area contributed by atoms with Gasteiger partial charge in [0.05, 0.1) is 5.56 Å². The van der Waals surface area contributed by atoms with Gasteiger partial charge in [0.15, 0.2) is 5.78 Å². The number of Topliss-reactive ketones (excluding diaryl/α,β-unsaturated/α-hetero) is 1. The molecule has 2 aromatic carbocycles. The molecule has 0 radical (unpaired) electrons. The van der Waals surface area contributed by atoms with Gasteiger partial charge in [-0.3, -0.25) is 9.59 Å². The Balaban J connectivity index is 1.54. The number of benzene rings is 2. The van der Waals surface area contributed by atoms with Crippen LogP contribution in [0.2, 0.25) is 0 Å². The average molecular weight is 381 g/mol. The summed E-state index contributed by atoms with van der Waals surface area (Å²) in [6, 6.07) is 14.3. The van der Waals surface area contributed by atoms with Crippen LogP contribution in [0, 0.1) is 6.92 Å². The van der Waals surface area contributed by atoms with Crippen molar-refractivity contribution in [2.24, 2.45) is 0 Å². The number of hydrogen-bond donors (Lipinski definition) is 0. The van der Waals surface area contributed by atoms with Crippen molar-refractivity contribution in [2.75, 3.05) is 30.3 Å². The predicted molar refractivity (Wildman–Crippen MR) is 110 cm³/mol. The maximum absolute atomic E-state index is 13.2. The maximum Gasteiger partial charge on any atom is 0.255 e. The largest absolute Gasteiger partial charge is 0.365 e. The molecule has 2 heterocycles. The van der Waals surface area contributed by atoms with Crippen LogP contribution in [0.5, 0.6) is 0 Å². The van der Waals surface area contributed by atoms with Crippen molar-refractivity contribution in [1.82, 2.24) is 4.90 Å². The van der Waals surface area contributed by atoms with Crippen LogP contribution in [-0.4, -0.2) is 48.0 Å². The molecule has 2 aliphatic heterocycles. The minimum absolute atomic E-state index is 0.0461. The Hall–Kier alpha value is -2.27. The van der Waals surface area contributed by atoms with Gasteiger partial charge in [-0.15, -0.1) is 11.8 Å². The molecule has 27 heavy (non-hydrogen) atoms. The second-order valence-electron chi connectivity index (χ2n) is 7.34. The Bertz CT molecular complexity index is 896. The fourth-order valence-electron chi connectivity index (χ4n) is 3.96. The first-order valence-electron chi connectivity index (χ1n) is 9.46. The van der Waals surface area contributed by atoms with Gasteiger partial charge in [-0.25, -0.2) is 0 Å². The number of ketones is 1. The first-order valence-corrected chi connectivity index (χ1v) is 10.4. The van der Waals surface area contributed by atoms with E-state index in [1.54, 1.807) is 11.8 Å². The lowest BCUT2D eigenvalue weighted by Gasteiger charge is -2.41. The minimum atomic E-state index is 0.0461. The fraction of sp³-hybridized carbons (Fsp3) is 0.364. The molecule has 0 bridgehead atoms. The third-order valence-electron chi connectivity index (χ3n) is 5.37. The lowest BCUT2D eigenvalue weighted by molar-refractivity contribution is 0.0722. The lowest BCUT2D eigenvalue weighted by Crippen LogP contribution is -2.53. The molecule has 5 heteroatoms. The molecule has 4 rings (SSSR count). The number of thioether (sulfide) groups is 1. The molecule has 0 saturated carbocycles. The predicted octanol–water partition coefficient (Wildman–Crippen LogP) is 4.02. The van der Waals surface area contributed by atoms with E-state index in [-0.39, 0.29) is 17.7 Å². The van der Waals surface area contributed by atoms with Crippen LogP contribution in [0.25, 0.3) is 0 Å². The highest BCUT2D eigenvalue weighted by molar-refractivity contribution is 7.99. The van der Waals surface area contributed by atoms with Gasteiger partial charge < -0.3 is 9.80 Å². The topological polar surface area (TPSA) is 40.6 Å². The number of fused-ring (bicyclic) bond motifs is 1. The minimum Gasteiger partial charge on any atom is -0.365 e. The van der Waals surface area contributed by atoms with Gasteiger partial charge in [0, 0.05) is 54.0 Å². The molecule has 2 aliphatic rings. The van der Waals surface area contributed by atoms with E-state index in [2.05, 4.69) is 43.0 Å². The first-order chi connectivity index (χ1) is 13.0. The van der Waals surface area contributed by atoms with Gasteiger partial charge in [-0.1, -0.05) is 24.3 Å². The molecule has 4 nitrogen and oxygen atoms in total. The number of nitrogens with zero attached hydrogens (tertiary/aromatic N) is 2. The molecule has 0 unspecified atom stereocenters. The van der Waals surface area contributed by atoms with Crippen LogP contribution in [0.1, 0.15) is 39.6 Å². The van der Waals surface area contributed by atoms with Crippen LogP contribution >= 0.6 is 11.8 Å². The zero-order chi connectivity index (χ0) is 19.0. The zero-order valence-electron chi connectivity index (χ0n) is 15.8. The third-order valence-corrected chi connectivity index (χ3v) is 6.51. The number of anilines is 1. The molecular formula is C22H24N2O2S. The average Bonchev–Trinajstić information content (AvgIpc) is 2.67. The Kier molecular flexibility index (Phi) is 4.96. The summed E-state index contributed by atoms with van der Waals surface area (Å²) in [5.74, 6) is 0.953. The van der Waals surface area contributed by atoms with Crippen molar-refractivity contribution < 1.29 is 9.59 Å². The summed E-state index contributed by atoms with van der Waals surface area (Å²) in [5, 5.41) is 0. The molecule has 1 saturated heterocycles. The van der Waals surface area contributed by atoms with Crippen molar-refractivity contribution in [1.29, 1.82) is 0 Å². The summed E-state index contributed by atoms with van der Waals surface area (Å²) in [5.41, 5.74) is 3.86. The van der Waals surface area contributed by atoms with Gasteiger partial charge in [0.2, 0.25) is 0 Å². The smallest absolute Gasteiger partial charge is 0.255 e. The summed E-state index contributed by atoms with van der Waals surface area (Å²) in [6.45, 7) is 6.47. The Morgan fingerprint density at radius 1 is 1.15 bits per heavy atom. The quantitative estimate of drug-likeness (QED) is 0.789. The number of hydrogen-bond acceptors (Lipinski definition) is 4. The van der Waals surface area contributed by atoms with Gasteiger partial charge in [-0.05, 0) is 37.6 Å². The standard InChI is InChI=1S/C22H24N2O2S/c1-15-5-3-6-17(13-15)24-11-10-23(14-16(24)2)22(26)19-8-4-7-18-20(25)9-12-27-21(18)19/h3-8,13,16H,9-12,14H2,1-2H3/t16-/m0/s1. The first kappa shape index (κ1) is 18.1. The van der Waals surface area contributed by atoms with E-state index in [1.165, 1.54) is 11.3 Å². The number of amides is 1. The second kappa shape index (κ2) is 7.39. The van der Waals surface area contributed by atoms with Crippen molar-refractivity contribution in [3.63, 3.8) is 0 Å². The molecule has 0 N–H and O–H groups in total. The normalized spacial score (nSPS) is 19.8. The summed E-state index contributed by atoms with van der Waals surface area (Å²) >= 11 is 1.63. The highest BCUT2D eigenvalue weighted by Gasteiger charge is 2.30. The number of piperazine rings is 1. The summed E-state index contributed by atoms with van der Waals surface area (Å²) in [4.78, 5) is 30.6. The number of rotatable bonds is 2. The summed E-state index contributed by atoms with van der Waals surface area (Å²) < 4.78 is 0. The molecule has 1 amide bonds. The van der Waals surface area contributed by atoms with Gasteiger partial charge in [0.25, 0.3) is 5.91 Å². The van der Waals surface area contributed by atoms with Crippen LogP contribution in [0.15, 0.2) is 47.4 Å². The molecule has 0 spiro atoms. The van der Waals surface area contributed by atoms with Gasteiger partial charge in [0.1, 0.15) is 0 Å². The van der Waals surface area contributed by atoms with E-state index in [0.717, 1.165) is 17.2 Å². The lowest BCUT2D eigenvalue weighted by atomic mass is 10.0. The van der Waals surface area contributed by atoms with E-state index in [0.29, 0.717) is 30.6 Å². The van der Waals surface area contributed by atoms with E-state index in [1.807, 2.05) is 23.1 Å². The van der Waals surface area contributed by atoms with Crippen molar-refractivity contribution in [2.45, 2.75) is 31.2 Å². The van der Waals surface area contributed by atoms with E-state index < -0.39 is 0 Å². The monoisotopic (exact) mass is 380 g/mol. The molecular weight excluding hydrogens is 356 g/mol. The number of carbonyl (C=O) groups excluding carboxylic acids is 2. The molecule has 1 fully saturated rings. The Morgan fingerprint density at radius 2 is 1.96 bits per heavy atom. The third kappa shape index (κ3) is 3.48. The zero-order valence-corrected chi connectivity index (χ0v) is 16.6. The second-order valence-corrected chi connectivity index (χ2v) is 8.44. The van der Waals surface area contributed by atoms with E-state index >= 15 is 0 Å². The van der Waals surface area contributed by atoms with E-state index in [4.69, 9.17) is 0 Å². The Morgan fingerprint density at radius 3 is 2.74 bits per heavy atom. The summed E-state index contributed by atoms with van der Waals surface area (Å²) in [7, 11) is 0. The SMILES string of the molecule is Cc1cccc(N2CCN(C(=O)c3cccc4c3SCCC4=O)C[C@@H]2C)c1.